The summed E-state index contributed by atoms with van der Waals surface area (Å²) in [5.41, 5.74) is 0.865. The van der Waals surface area contributed by atoms with Gasteiger partial charge in [0.05, 0.1) is 24.8 Å². The van der Waals surface area contributed by atoms with E-state index in [1.54, 1.807) is 19.1 Å². The van der Waals surface area contributed by atoms with E-state index in [9.17, 15) is 13.2 Å². The van der Waals surface area contributed by atoms with Gasteiger partial charge >= 0.3 is 5.97 Å². The summed E-state index contributed by atoms with van der Waals surface area (Å²) < 4.78 is 39.4. The summed E-state index contributed by atoms with van der Waals surface area (Å²) in [5.74, 6) is -0.441. The van der Waals surface area contributed by atoms with E-state index >= 15 is 0 Å². The molecule has 1 aromatic carbocycles. The van der Waals surface area contributed by atoms with E-state index < -0.39 is 16.0 Å². The number of esters is 1. The highest BCUT2D eigenvalue weighted by molar-refractivity contribution is 7.89. The van der Waals surface area contributed by atoms with Crippen LogP contribution >= 0.6 is 11.7 Å². The number of nitrogens with one attached hydrogen (secondary N) is 1. The Morgan fingerprint density at radius 1 is 1.40 bits per heavy atom. The van der Waals surface area contributed by atoms with Crippen molar-refractivity contribution in [3.63, 3.8) is 0 Å². The van der Waals surface area contributed by atoms with Crippen LogP contribution in [0.15, 0.2) is 23.1 Å². The molecule has 7 nitrogen and oxygen atoms in total. The minimum atomic E-state index is -3.72. The second-order valence-corrected chi connectivity index (χ2v) is 6.10. The lowest BCUT2D eigenvalue weighted by molar-refractivity contribution is -0.142. The lowest BCUT2D eigenvalue weighted by atomic mass is 10.3. The summed E-state index contributed by atoms with van der Waals surface area (Å²) in [6, 6.07) is 4.75. The van der Waals surface area contributed by atoms with Gasteiger partial charge in [0.25, 0.3) is 0 Å². The molecule has 108 valence electrons. The Balaban J connectivity index is 2.11. The molecule has 0 aliphatic rings. The highest BCUT2D eigenvalue weighted by atomic mass is 32.2. The van der Waals surface area contributed by atoms with Gasteiger partial charge in [-0.3, -0.25) is 4.79 Å². The standard InChI is InChI=1S/C11H13N3O4S2/c1-2-18-10(15)6-7-12-20(16,17)9-5-3-4-8-11(9)14-19-13-8/h3-5,12H,2,6-7H2,1H3. The van der Waals surface area contributed by atoms with E-state index in [0.717, 1.165) is 11.7 Å². The number of benzene rings is 1. The molecule has 0 aliphatic heterocycles. The lowest BCUT2D eigenvalue weighted by Crippen LogP contribution is -2.27. The maximum Gasteiger partial charge on any atom is 0.307 e. The predicted octanol–water partition coefficient (Wildman–Crippen LogP) is 0.923. The SMILES string of the molecule is CCOC(=O)CCNS(=O)(=O)c1cccc2nsnc12. The van der Waals surface area contributed by atoms with Gasteiger partial charge in [-0.2, -0.15) is 8.75 Å². The van der Waals surface area contributed by atoms with Gasteiger partial charge in [-0.1, -0.05) is 6.07 Å². The fourth-order valence-electron chi connectivity index (χ4n) is 1.60. The molecule has 2 aromatic rings. The predicted molar refractivity (Wildman–Crippen MR) is 73.9 cm³/mol. The van der Waals surface area contributed by atoms with Crippen LogP contribution in [-0.2, 0) is 19.6 Å². The quantitative estimate of drug-likeness (QED) is 0.796. The van der Waals surface area contributed by atoms with E-state index in [0.29, 0.717) is 11.0 Å². The minimum absolute atomic E-state index is 0.0155. The molecule has 0 spiro atoms. The van der Waals surface area contributed by atoms with Crippen LogP contribution in [0.3, 0.4) is 0 Å². The van der Waals surface area contributed by atoms with Crippen molar-refractivity contribution in [1.29, 1.82) is 0 Å². The number of hydrogen-bond acceptors (Lipinski definition) is 7. The number of fused-ring (bicyclic) bond motifs is 1. The molecule has 0 fully saturated rings. The normalized spacial score (nSPS) is 11.7. The van der Waals surface area contributed by atoms with Crippen molar-refractivity contribution in [3.8, 4) is 0 Å². The first-order chi connectivity index (χ1) is 9.54. The molecule has 1 aromatic heterocycles. The summed E-state index contributed by atoms with van der Waals surface area (Å²) in [5, 5.41) is 0. The number of aromatic nitrogens is 2. The van der Waals surface area contributed by atoms with Crippen LogP contribution in [0.2, 0.25) is 0 Å². The van der Waals surface area contributed by atoms with Crippen LogP contribution in [0.25, 0.3) is 11.0 Å². The van der Waals surface area contributed by atoms with Crippen LogP contribution in [0.1, 0.15) is 13.3 Å². The van der Waals surface area contributed by atoms with E-state index in [-0.39, 0.29) is 24.5 Å². The Labute approximate surface area is 120 Å². The lowest BCUT2D eigenvalue weighted by Gasteiger charge is -2.06. The largest absolute Gasteiger partial charge is 0.466 e. The molecule has 0 saturated carbocycles. The van der Waals surface area contributed by atoms with Crippen molar-refractivity contribution < 1.29 is 17.9 Å². The zero-order valence-corrected chi connectivity index (χ0v) is 12.3. The minimum Gasteiger partial charge on any atom is -0.466 e. The Hall–Kier alpha value is -1.58. The molecule has 1 N–H and O–H groups in total. The number of nitrogens with zero attached hydrogens (tertiary/aromatic N) is 2. The highest BCUT2D eigenvalue weighted by Crippen LogP contribution is 2.20. The Bertz CT molecular complexity index is 711. The molecule has 9 heteroatoms. The first-order valence-electron chi connectivity index (χ1n) is 5.91. The maximum atomic E-state index is 12.2. The molecule has 0 unspecified atom stereocenters. The summed E-state index contributed by atoms with van der Waals surface area (Å²) in [6.45, 7) is 1.95. The monoisotopic (exact) mass is 315 g/mol. The van der Waals surface area contributed by atoms with Crippen LogP contribution in [-0.4, -0.2) is 36.3 Å². The molecule has 0 radical (unpaired) electrons. The molecule has 0 amide bonds. The second-order valence-electron chi connectivity index (χ2n) is 3.84. The Morgan fingerprint density at radius 3 is 2.95 bits per heavy atom. The third-order valence-corrected chi connectivity index (χ3v) is 4.50. The first-order valence-corrected chi connectivity index (χ1v) is 8.12. The van der Waals surface area contributed by atoms with Gasteiger partial charge in [0, 0.05) is 6.54 Å². The van der Waals surface area contributed by atoms with Crippen molar-refractivity contribution in [2.75, 3.05) is 13.2 Å². The zero-order chi connectivity index (χ0) is 14.6. The van der Waals surface area contributed by atoms with Gasteiger partial charge in [0.15, 0.2) is 0 Å². The molecular formula is C11H13N3O4S2. The topological polar surface area (TPSA) is 98.2 Å². The molecule has 0 saturated heterocycles. The van der Waals surface area contributed by atoms with Crippen LogP contribution < -0.4 is 4.72 Å². The Morgan fingerprint density at radius 2 is 2.20 bits per heavy atom. The third kappa shape index (κ3) is 3.30. The van der Waals surface area contributed by atoms with Gasteiger partial charge in [0.2, 0.25) is 10.0 Å². The summed E-state index contributed by atoms with van der Waals surface area (Å²) in [7, 11) is -3.72. The van der Waals surface area contributed by atoms with Crippen molar-refractivity contribution in [2.45, 2.75) is 18.2 Å². The van der Waals surface area contributed by atoms with Gasteiger partial charge in [-0.15, -0.1) is 0 Å². The van der Waals surface area contributed by atoms with Gasteiger partial charge in [-0.05, 0) is 19.1 Å². The number of carbonyl (C=O) groups is 1. The third-order valence-electron chi connectivity index (χ3n) is 2.47. The number of rotatable bonds is 6. The maximum absolute atomic E-state index is 12.2. The van der Waals surface area contributed by atoms with Crippen molar-refractivity contribution in [2.24, 2.45) is 0 Å². The summed E-state index contributed by atoms with van der Waals surface area (Å²) >= 11 is 0.952. The zero-order valence-electron chi connectivity index (χ0n) is 10.7. The van der Waals surface area contributed by atoms with E-state index in [2.05, 4.69) is 13.5 Å². The number of ether oxygens (including phenoxy) is 1. The number of hydrogen-bond donors (Lipinski definition) is 1. The fraction of sp³-hybridized carbons (Fsp3) is 0.364. The van der Waals surface area contributed by atoms with Crippen molar-refractivity contribution >= 4 is 38.8 Å². The molecule has 0 aliphatic carbocycles. The molecule has 2 rings (SSSR count). The summed E-state index contributed by atoms with van der Waals surface area (Å²) in [6.07, 6.45) is -0.0155. The van der Waals surface area contributed by atoms with Crippen molar-refractivity contribution in [3.05, 3.63) is 18.2 Å². The highest BCUT2D eigenvalue weighted by Gasteiger charge is 2.19. The van der Waals surface area contributed by atoms with E-state index in [4.69, 9.17) is 4.74 Å². The molecule has 0 atom stereocenters. The van der Waals surface area contributed by atoms with E-state index in [1.165, 1.54) is 6.07 Å². The van der Waals surface area contributed by atoms with Gasteiger partial charge < -0.3 is 4.74 Å². The van der Waals surface area contributed by atoms with Gasteiger partial charge in [0.1, 0.15) is 15.9 Å². The average molecular weight is 315 g/mol. The average Bonchev–Trinajstić information content (AvgIpc) is 2.86. The fourth-order valence-corrected chi connectivity index (χ4v) is 3.39. The van der Waals surface area contributed by atoms with Crippen LogP contribution in [0.5, 0.6) is 0 Å². The van der Waals surface area contributed by atoms with Crippen LogP contribution in [0.4, 0.5) is 0 Å². The van der Waals surface area contributed by atoms with E-state index in [1.807, 2.05) is 0 Å². The molecule has 0 bridgehead atoms. The van der Waals surface area contributed by atoms with Crippen LogP contribution in [0, 0.1) is 0 Å². The first kappa shape index (κ1) is 14.8. The number of sulfonamides is 1. The van der Waals surface area contributed by atoms with Gasteiger partial charge in [-0.25, -0.2) is 13.1 Å². The molecule has 20 heavy (non-hydrogen) atoms. The Kier molecular flexibility index (Phi) is 4.63. The smallest absolute Gasteiger partial charge is 0.307 e. The van der Waals surface area contributed by atoms with Crippen molar-refractivity contribution in [1.82, 2.24) is 13.5 Å². The molecule has 1 heterocycles. The second kappa shape index (κ2) is 6.25. The molecular weight excluding hydrogens is 302 g/mol. The number of carbonyl (C=O) groups excluding carboxylic acids is 1. The summed E-state index contributed by atoms with van der Waals surface area (Å²) in [4.78, 5) is 11.2.